The molecule has 0 spiro atoms. The zero-order valence-corrected chi connectivity index (χ0v) is 11.0. The molecule has 0 saturated carbocycles. The molecule has 1 amide bonds. The standard InChI is InChI=1S/C14H18N2O2/c1-13(2)10-5-6-16-11(17)8-14(10,3)7-9(15-4)12(13)18/h7,10H,5-6,8H2,1-3H3,(H,16,17)/t10-,14+/m0/s1. The van der Waals surface area contributed by atoms with Crippen LogP contribution in [0.15, 0.2) is 11.8 Å². The number of rotatable bonds is 0. The number of Topliss-reactive ketones (excluding diaryl/α,β-unsaturated/α-hetero) is 1. The second-order valence-corrected chi connectivity index (χ2v) is 6.07. The van der Waals surface area contributed by atoms with Gasteiger partial charge in [0.15, 0.2) is 5.78 Å². The summed E-state index contributed by atoms with van der Waals surface area (Å²) in [6, 6.07) is 0. The number of nitrogens with zero attached hydrogens (tertiary/aromatic N) is 1. The summed E-state index contributed by atoms with van der Waals surface area (Å²) in [5.41, 5.74) is -0.776. The van der Waals surface area contributed by atoms with Crippen molar-refractivity contribution in [1.82, 2.24) is 5.32 Å². The number of hydrogen-bond donors (Lipinski definition) is 1. The van der Waals surface area contributed by atoms with Crippen LogP contribution in [0.25, 0.3) is 4.85 Å². The minimum absolute atomic E-state index is 0.00531. The molecule has 0 bridgehead atoms. The van der Waals surface area contributed by atoms with E-state index in [4.69, 9.17) is 6.57 Å². The van der Waals surface area contributed by atoms with Gasteiger partial charge in [-0.15, -0.1) is 0 Å². The minimum atomic E-state index is -0.574. The highest BCUT2D eigenvalue weighted by molar-refractivity contribution is 6.02. The molecule has 0 radical (unpaired) electrons. The van der Waals surface area contributed by atoms with Crippen molar-refractivity contribution in [2.45, 2.75) is 33.6 Å². The van der Waals surface area contributed by atoms with E-state index in [0.29, 0.717) is 13.0 Å². The van der Waals surface area contributed by atoms with E-state index >= 15 is 0 Å². The number of carbonyl (C=O) groups is 2. The number of nitrogens with one attached hydrogen (secondary N) is 1. The van der Waals surface area contributed by atoms with E-state index in [-0.39, 0.29) is 23.3 Å². The summed E-state index contributed by atoms with van der Waals surface area (Å²) >= 11 is 0. The Labute approximate surface area is 107 Å². The molecule has 0 aromatic rings. The van der Waals surface area contributed by atoms with E-state index in [9.17, 15) is 9.59 Å². The molecule has 1 aliphatic heterocycles. The molecular formula is C14H18N2O2. The molecule has 2 atom stereocenters. The van der Waals surface area contributed by atoms with Crippen LogP contribution in [0.4, 0.5) is 0 Å². The Bertz CT molecular complexity index is 485. The summed E-state index contributed by atoms with van der Waals surface area (Å²) in [6.07, 6.45) is 2.86. The van der Waals surface area contributed by atoms with Gasteiger partial charge in [0.05, 0.1) is 6.57 Å². The van der Waals surface area contributed by atoms with Gasteiger partial charge in [-0.05, 0) is 17.8 Å². The van der Waals surface area contributed by atoms with Crippen molar-refractivity contribution in [3.05, 3.63) is 23.2 Å². The lowest BCUT2D eigenvalue weighted by molar-refractivity contribution is -0.131. The van der Waals surface area contributed by atoms with Gasteiger partial charge in [0.2, 0.25) is 11.6 Å². The van der Waals surface area contributed by atoms with Crippen molar-refractivity contribution in [1.29, 1.82) is 0 Å². The van der Waals surface area contributed by atoms with Crippen molar-refractivity contribution in [3.63, 3.8) is 0 Å². The van der Waals surface area contributed by atoms with Crippen LogP contribution in [0, 0.1) is 23.3 Å². The maximum atomic E-state index is 12.3. The summed E-state index contributed by atoms with van der Waals surface area (Å²) in [5.74, 6) is 0.0157. The first-order chi connectivity index (χ1) is 8.31. The first-order valence-corrected chi connectivity index (χ1v) is 6.23. The topological polar surface area (TPSA) is 50.5 Å². The number of fused-ring (bicyclic) bond motifs is 1. The first kappa shape index (κ1) is 12.8. The molecule has 4 heteroatoms. The quantitative estimate of drug-likeness (QED) is 0.664. The van der Waals surface area contributed by atoms with Gasteiger partial charge in [0.1, 0.15) is 0 Å². The third-order valence-electron chi connectivity index (χ3n) is 4.37. The Morgan fingerprint density at radius 1 is 1.39 bits per heavy atom. The predicted octanol–water partition coefficient (Wildman–Crippen LogP) is 1.93. The van der Waals surface area contributed by atoms with Gasteiger partial charge in [-0.2, -0.15) is 0 Å². The van der Waals surface area contributed by atoms with Gasteiger partial charge in [0.25, 0.3) is 0 Å². The van der Waals surface area contributed by atoms with Crippen LogP contribution in [-0.4, -0.2) is 18.2 Å². The second-order valence-electron chi connectivity index (χ2n) is 6.07. The van der Waals surface area contributed by atoms with Gasteiger partial charge in [-0.1, -0.05) is 26.8 Å². The van der Waals surface area contributed by atoms with Crippen LogP contribution in [-0.2, 0) is 9.59 Å². The number of carbonyl (C=O) groups excluding carboxylic acids is 2. The summed E-state index contributed by atoms with van der Waals surface area (Å²) in [6.45, 7) is 13.5. The van der Waals surface area contributed by atoms with E-state index < -0.39 is 10.8 Å². The predicted molar refractivity (Wildman–Crippen MR) is 67.3 cm³/mol. The van der Waals surface area contributed by atoms with Crippen LogP contribution >= 0.6 is 0 Å². The Kier molecular flexibility index (Phi) is 2.81. The smallest absolute Gasteiger partial charge is 0.226 e. The van der Waals surface area contributed by atoms with Crippen LogP contribution < -0.4 is 5.32 Å². The van der Waals surface area contributed by atoms with Crippen molar-refractivity contribution in [3.8, 4) is 0 Å². The monoisotopic (exact) mass is 246 g/mol. The minimum Gasteiger partial charge on any atom is -0.356 e. The fourth-order valence-electron chi connectivity index (χ4n) is 3.50. The Hall–Kier alpha value is -1.63. The van der Waals surface area contributed by atoms with Gasteiger partial charge < -0.3 is 10.1 Å². The zero-order valence-electron chi connectivity index (χ0n) is 11.0. The fraction of sp³-hybridized carbons (Fsp3) is 0.643. The number of allylic oxidation sites excluding steroid dienone is 2. The third kappa shape index (κ3) is 1.74. The fourth-order valence-corrected chi connectivity index (χ4v) is 3.50. The molecule has 2 aliphatic rings. The summed E-state index contributed by atoms with van der Waals surface area (Å²) in [7, 11) is 0. The largest absolute Gasteiger partial charge is 0.356 e. The highest BCUT2D eigenvalue weighted by Gasteiger charge is 2.52. The Balaban J connectivity index is 2.56. The maximum Gasteiger partial charge on any atom is 0.226 e. The highest BCUT2D eigenvalue weighted by atomic mass is 16.1. The molecule has 0 aromatic carbocycles. The van der Waals surface area contributed by atoms with E-state index in [0.717, 1.165) is 6.42 Å². The first-order valence-electron chi connectivity index (χ1n) is 6.23. The molecule has 1 saturated heterocycles. The Morgan fingerprint density at radius 2 is 2.06 bits per heavy atom. The molecule has 18 heavy (non-hydrogen) atoms. The van der Waals surface area contributed by atoms with Crippen LogP contribution in [0.5, 0.6) is 0 Å². The van der Waals surface area contributed by atoms with Crippen LogP contribution in [0.1, 0.15) is 33.6 Å². The number of amides is 1. The Morgan fingerprint density at radius 3 is 2.67 bits per heavy atom. The van der Waals surface area contributed by atoms with Gasteiger partial charge in [-0.3, -0.25) is 4.79 Å². The number of hydrogen-bond acceptors (Lipinski definition) is 2. The van der Waals surface area contributed by atoms with Crippen molar-refractivity contribution in [2.24, 2.45) is 16.7 Å². The lowest BCUT2D eigenvalue weighted by Crippen LogP contribution is -2.46. The van der Waals surface area contributed by atoms with Crippen molar-refractivity contribution < 1.29 is 9.59 Å². The molecule has 96 valence electrons. The van der Waals surface area contributed by atoms with Crippen LogP contribution in [0.2, 0.25) is 0 Å². The lowest BCUT2D eigenvalue weighted by Gasteiger charge is -2.46. The summed E-state index contributed by atoms with van der Waals surface area (Å²) in [5, 5.41) is 2.85. The molecule has 1 fully saturated rings. The normalized spacial score (nSPS) is 34.8. The van der Waals surface area contributed by atoms with Crippen LogP contribution in [0.3, 0.4) is 0 Å². The van der Waals surface area contributed by atoms with Crippen molar-refractivity contribution >= 4 is 11.7 Å². The zero-order chi connectivity index (χ0) is 13.6. The van der Waals surface area contributed by atoms with Crippen molar-refractivity contribution in [2.75, 3.05) is 6.54 Å². The molecule has 1 N–H and O–H groups in total. The van der Waals surface area contributed by atoms with E-state index in [2.05, 4.69) is 10.2 Å². The summed E-state index contributed by atoms with van der Waals surface area (Å²) < 4.78 is 0. The molecular weight excluding hydrogens is 228 g/mol. The van der Waals surface area contributed by atoms with Gasteiger partial charge in [-0.25, -0.2) is 4.85 Å². The van der Waals surface area contributed by atoms with Gasteiger partial charge >= 0.3 is 0 Å². The average Bonchev–Trinajstić information content (AvgIpc) is 2.43. The molecule has 0 aromatic heterocycles. The number of ketones is 1. The molecule has 4 nitrogen and oxygen atoms in total. The molecule has 0 unspecified atom stereocenters. The maximum absolute atomic E-state index is 12.3. The highest BCUT2D eigenvalue weighted by Crippen LogP contribution is 2.52. The lowest BCUT2D eigenvalue weighted by atomic mass is 9.56. The molecule has 2 rings (SSSR count). The average molecular weight is 246 g/mol. The third-order valence-corrected chi connectivity index (χ3v) is 4.37. The van der Waals surface area contributed by atoms with E-state index in [1.54, 1.807) is 6.08 Å². The van der Waals surface area contributed by atoms with E-state index in [1.165, 1.54) is 0 Å². The SMILES string of the molecule is [C-]#[N+]C1=C[C@]2(C)CC(=O)NCC[C@H]2C(C)(C)C1=O. The van der Waals surface area contributed by atoms with Gasteiger partial charge in [0, 0.05) is 18.4 Å². The molecule has 1 aliphatic carbocycles. The summed E-state index contributed by atoms with van der Waals surface area (Å²) in [4.78, 5) is 27.4. The van der Waals surface area contributed by atoms with E-state index in [1.807, 2.05) is 20.8 Å². The second kappa shape index (κ2) is 3.94. The molecule has 1 heterocycles.